The minimum Gasteiger partial charge on any atom is -0.477 e. The molecule has 2 aromatic rings. The monoisotopic (exact) mass is 520 g/mol. The zero-order chi connectivity index (χ0) is 21.4. The van der Waals surface area contributed by atoms with Gasteiger partial charge in [0.15, 0.2) is 9.14 Å². The van der Waals surface area contributed by atoms with E-state index in [0.29, 0.717) is 21.4 Å². The molecule has 2 atom stereocenters. The lowest BCUT2D eigenvalue weighted by Gasteiger charge is -2.49. The molecule has 16 heteroatoms. The number of carbonyl (C=O) groups is 4. The Morgan fingerprint density at radius 2 is 2.16 bits per heavy atom. The number of H-pyrrole nitrogens is 1. The minimum atomic E-state index is -1.22. The molecule has 11 nitrogen and oxygen atoms in total. The first-order chi connectivity index (χ1) is 14.4. The number of nitrogens with one attached hydrogen (secondary N) is 3. The van der Waals surface area contributed by atoms with Crippen LogP contribution in [-0.2, 0) is 14.4 Å². The molecule has 1 saturated heterocycles. The van der Waals surface area contributed by atoms with Crippen LogP contribution >= 0.6 is 58.6 Å². The summed E-state index contributed by atoms with van der Waals surface area (Å²) in [5.74, 6) is -2.97. The predicted molar refractivity (Wildman–Crippen MR) is 116 cm³/mol. The summed E-state index contributed by atoms with van der Waals surface area (Å²) in [6.07, 6.45) is 0. The summed E-state index contributed by atoms with van der Waals surface area (Å²) < 4.78 is 0.694. The van der Waals surface area contributed by atoms with E-state index in [4.69, 9.17) is 5.41 Å². The summed E-state index contributed by atoms with van der Waals surface area (Å²) in [6.45, 7) is 0. The molecule has 1 unspecified atom stereocenters. The van der Waals surface area contributed by atoms with E-state index in [1.165, 1.54) is 40.2 Å². The first-order valence-corrected chi connectivity index (χ1v) is 12.0. The van der Waals surface area contributed by atoms with E-state index >= 15 is 0 Å². The lowest BCUT2D eigenvalue weighted by molar-refractivity contribution is -0.150. The van der Waals surface area contributed by atoms with Crippen LogP contribution in [0, 0.1) is 5.41 Å². The van der Waals surface area contributed by atoms with Crippen molar-refractivity contribution < 1.29 is 24.3 Å². The van der Waals surface area contributed by atoms with E-state index < -0.39 is 35.0 Å². The summed E-state index contributed by atoms with van der Waals surface area (Å²) in [7, 11) is 0. The highest BCUT2D eigenvalue weighted by Crippen LogP contribution is 2.41. The van der Waals surface area contributed by atoms with Gasteiger partial charge in [0.2, 0.25) is 0 Å². The maximum Gasteiger partial charge on any atom is 0.352 e. The summed E-state index contributed by atoms with van der Waals surface area (Å²) in [5.41, 5.74) is 2.02. The number of rotatable bonds is 7. The third-order valence-corrected chi connectivity index (χ3v) is 8.22. The number of thioether (sulfide) groups is 2. The van der Waals surface area contributed by atoms with Gasteiger partial charge in [0.1, 0.15) is 28.3 Å². The minimum absolute atomic E-state index is 0. The Balaban J connectivity index is 0.00000272. The van der Waals surface area contributed by atoms with Gasteiger partial charge in [-0.05, 0) is 5.57 Å². The van der Waals surface area contributed by atoms with Crippen molar-refractivity contribution in [2.75, 3.05) is 11.5 Å². The molecule has 0 saturated carbocycles. The van der Waals surface area contributed by atoms with Crippen LogP contribution in [0.5, 0.6) is 0 Å². The summed E-state index contributed by atoms with van der Waals surface area (Å²) >= 11 is 4.96. The standard InChI is InChI=1S/C15H12N6O5S4.ClH/c16-14-18-6(3-28-14)9(22)10(23)19-7-11(24)21-8(13(25)26)5(1-27-12(7)21)2-29-15-20-17-4-30-15;/h3-4,7,12H,1-2H2,(H2,16,18)(H,19,23)(H,25,26);1H/t7?,12-;/m0./s1. The number of carboxylic acids is 1. The number of aromatic amines is 1. The topological polar surface area (TPSA) is 169 Å². The molecule has 2 aromatic heterocycles. The SMILES string of the molecule is Cl.N=c1[nH]c(C(=O)C(=O)NC2C(=O)N3C(C(=O)O)=C(CSc4nncs4)CS[C@@H]23)cs1. The fourth-order valence-corrected chi connectivity index (χ4v) is 6.45. The Morgan fingerprint density at radius 1 is 1.39 bits per heavy atom. The third kappa shape index (κ3) is 4.55. The molecule has 1 fully saturated rings. The number of halogens is 1. The van der Waals surface area contributed by atoms with Crippen molar-refractivity contribution in [2.45, 2.75) is 15.8 Å². The van der Waals surface area contributed by atoms with Crippen LogP contribution in [0.1, 0.15) is 10.5 Å². The summed E-state index contributed by atoms with van der Waals surface area (Å²) in [4.78, 5) is 52.5. The molecule has 2 aliphatic rings. The van der Waals surface area contributed by atoms with Crippen molar-refractivity contribution >= 4 is 82.2 Å². The van der Waals surface area contributed by atoms with E-state index in [1.807, 2.05) is 0 Å². The van der Waals surface area contributed by atoms with Gasteiger partial charge in [0, 0.05) is 16.9 Å². The van der Waals surface area contributed by atoms with Crippen LogP contribution in [0.15, 0.2) is 26.5 Å². The van der Waals surface area contributed by atoms with Crippen molar-refractivity contribution in [1.82, 2.24) is 25.4 Å². The van der Waals surface area contributed by atoms with Crippen molar-refractivity contribution in [3.05, 3.63) is 32.7 Å². The van der Waals surface area contributed by atoms with Gasteiger partial charge in [-0.3, -0.25) is 24.7 Å². The fourth-order valence-electron chi connectivity index (χ4n) is 2.91. The number of fused-ring (bicyclic) bond motifs is 1. The molecule has 0 aromatic carbocycles. The number of Topliss-reactive ketones (excluding diaryl/α,β-unsaturated/α-hetero) is 1. The second kappa shape index (κ2) is 9.52. The largest absolute Gasteiger partial charge is 0.477 e. The Bertz CT molecular complexity index is 1130. The van der Waals surface area contributed by atoms with E-state index in [-0.39, 0.29) is 28.6 Å². The van der Waals surface area contributed by atoms with E-state index in [9.17, 15) is 24.3 Å². The van der Waals surface area contributed by atoms with Crippen molar-refractivity contribution in [3.8, 4) is 0 Å². The molecule has 0 spiro atoms. The lowest BCUT2D eigenvalue weighted by atomic mass is 10.0. The average molecular weight is 521 g/mol. The predicted octanol–water partition coefficient (Wildman–Crippen LogP) is 0.543. The van der Waals surface area contributed by atoms with Crippen LogP contribution < -0.4 is 10.1 Å². The number of β-lactam (4-membered cyclic amide) rings is 1. The van der Waals surface area contributed by atoms with Gasteiger partial charge in [-0.1, -0.05) is 23.1 Å². The molecular weight excluding hydrogens is 508 g/mol. The maximum absolute atomic E-state index is 12.6. The average Bonchev–Trinajstić information content (AvgIpc) is 3.40. The fraction of sp³-hybridized carbons (Fsp3) is 0.267. The Kier molecular flexibility index (Phi) is 7.20. The number of aliphatic carboxylic acids is 1. The van der Waals surface area contributed by atoms with E-state index in [1.54, 1.807) is 5.51 Å². The molecular formula is C15H13ClN6O5S4. The van der Waals surface area contributed by atoms with Gasteiger partial charge in [-0.2, -0.15) is 0 Å². The number of amides is 2. The van der Waals surface area contributed by atoms with Gasteiger partial charge >= 0.3 is 5.97 Å². The van der Waals surface area contributed by atoms with Crippen LogP contribution in [0.3, 0.4) is 0 Å². The van der Waals surface area contributed by atoms with Crippen molar-refractivity contribution in [2.24, 2.45) is 0 Å². The third-order valence-electron chi connectivity index (χ3n) is 4.24. The Hall–Kier alpha value is -2.20. The molecule has 164 valence electrons. The van der Waals surface area contributed by atoms with Crippen LogP contribution in [0.4, 0.5) is 0 Å². The number of ketones is 1. The van der Waals surface area contributed by atoms with Gasteiger partial charge < -0.3 is 15.4 Å². The molecule has 31 heavy (non-hydrogen) atoms. The van der Waals surface area contributed by atoms with Crippen molar-refractivity contribution in [3.63, 3.8) is 0 Å². The first-order valence-electron chi connectivity index (χ1n) is 8.23. The smallest absolute Gasteiger partial charge is 0.352 e. The van der Waals surface area contributed by atoms with Gasteiger partial charge in [-0.15, -0.1) is 45.7 Å². The number of hydrogen-bond donors (Lipinski definition) is 4. The summed E-state index contributed by atoms with van der Waals surface area (Å²) in [6, 6.07) is -0.993. The van der Waals surface area contributed by atoms with Crippen LogP contribution in [-0.4, -0.2) is 71.7 Å². The number of aromatic nitrogens is 3. The normalized spacial score (nSPS) is 19.9. The van der Waals surface area contributed by atoms with Gasteiger partial charge in [0.25, 0.3) is 17.6 Å². The van der Waals surface area contributed by atoms with Crippen LogP contribution in [0.25, 0.3) is 0 Å². The lowest BCUT2D eigenvalue weighted by Crippen LogP contribution is -2.71. The molecule has 0 radical (unpaired) electrons. The van der Waals surface area contributed by atoms with Crippen molar-refractivity contribution in [1.29, 1.82) is 5.41 Å². The highest BCUT2D eigenvalue weighted by molar-refractivity contribution is 8.01. The van der Waals surface area contributed by atoms with Gasteiger partial charge in [-0.25, -0.2) is 4.79 Å². The second-order valence-corrected chi connectivity index (χ2v) is 10.1. The zero-order valence-electron chi connectivity index (χ0n) is 15.2. The molecule has 4 rings (SSSR count). The Labute approximate surface area is 196 Å². The number of hydrogen-bond acceptors (Lipinski definition) is 11. The molecule has 2 aliphatic heterocycles. The zero-order valence-corrected chi connectivity index (χ0v) is 19.3. The second-order valence-electron chi connectivity index (χ2n) is 6.04. The summed E-state index contributed by atoms with van der Waals surface area (Å²) in [5, 5.41) is 27.8. The van der Waals surface area contributed by atoms with E-state index in [0.717, 1.165) is 16.2 Å². The Morgan fingerprint density at radius 3 is 2.77 bits per heavy atom. The maximum atomic E-state index is 12.6. The molecule has 0 bridgehead atoms. The molecule has 4 N–H and O–H groups in total. The quantitative estimate of drug-likeness (QED) is 0.176. The highest BCUT2D eigenvalue weighted by atomic mass is 35.5. The number of nitrogens with zero attached hydrogens (tertiary/aromatic N) is 3. The molecule has 2 amide bonds. The molecule has 4 heterocycles. The van der Waals surface area contributed by atoms with Crippen LogP contribution in [0.2, 0.25) is 0 Å². The number of carbonyl (C=O) groups excluding carboxylic acids is 3. The molecule has 0 aliphatic carbocycles. The number of thiazole rings is 1. The number of carboxylic acid groups (broad SMARTS) is 1. The van der Waals surface area contributed by atoms with E-state index in [2.05, 4.69) is 20.5 Å². The highest BCUT2D eigenvalue weighted by Gasteiger charge is 2.54. The van der Waals surface area contributed by atoms with Gasteiger partial charge in [0.05, 0.1) is 0 Å². The first kappa shape index (κ1) is 23.5.